The van der Waals surface area contributed by atoms with Crippen molar-refractivity contribution in [2.45, 2.75) is 33.1 Å². The summed E-state index contributed by atoms with van der Waals surface area (Å²) in [6, 6.07) is 0. The van der Waals surface area contributed by atoms with Crippen molar-refractivity contribution in [2.75, 3.05) is 46.4 Å². The van der Waals surface area contributed by atoms with E-state index < -0.39 is 0 Å². The molecule has 3 unspecified atom stereocenters. The molecule has 0 aromatic heterocycles. The van der Waals surface area contributed by atoms with Gasteiger partial charge >= 0.3 is 0 Å². The summed E-state index contributed by atoms with van der Waals surface area (Å²) >= 11 is 0. The number of ether oxygens (including phenoxy) is 1. The molecule has 1 aliphatic carbocycles. The van der Waals surface area contributed by atoms with Gasteiger partial charge < -0.3 is 15.0 Å². The predicted molar refractivity (Wildman–Crippen MR) is 75.8 cm³/mol. The molecule has 18 heavy (non-hydrogen) atoms. The fourth-order valence-electron chi connectivity index (χ4n) is 3.31. The summed E-state index contributed by atoms with van der Waals surface area (Å²) < 4.78 is 5.76. The quantitative estimate of drug-likeness (QED) is 0.752. The molecule has 0 aromatic rings. The van der Waals surface area contributed by atoms with E-state index in [-0.39, 0.29) is 0 Å². The Morgan fingerprint density at radius 1 is 1.44 bits per heavy atom. The van der Waals surface area contributed by atoms with Crippen LogP contribution in [0.1, 0.15) is 33.1 Å². The molecule has 1 saturated heterocycles. The second-order valence-corrected chi connectivity index (χ2v) is 6.61. The average molecular weight is 254 g/mol. The van der Waals surface area contributed by atoms with Crippen LogP contribution in [0.25, 0.3) is 0 Å². The van der Waals surface area contributed by atoms with Gasteiger partial charge in [0, 0.05) is 31.7 Å². The second-order valence-electron chi connectivity index (χ2n) is 6.61. The fourth-order valence-corrected chi connectivity index (χ4v) is 3.31. The van der Waals surface area contributed by atoms with E-state index >= 15 is 0 Å². The van der Waals surface area contributed by atoms with Crippen molar-refractivity contribution in [1.82, 2.24) is 10.2 Å². The van der Waals surface area contributed by atoms with Crippen LogP contribution in [0.15, 0.2) is 0 Å². The molecule has 3 nitrogen and oxygen atoms in total. The Balaban J connectivity index is 1.83. The lowest BCUT2D eigenvalue weighted by Crippen LogP contribution is -2.48. The highest BCUT2D eigenvalue weighted by molar-refractivity contribution is 4.89. The first-order valence-corrected chi connectivity index (χ1v) is 7.62. The third-order valence-corrected chi connectivity index (χ3v) is 4.58. The summed E-state index contributed by atoms with van der Waals surface area (Å²) in [5.74, 6) is 1.91. The third kappa shape index (κ3) is 3.94. The molecule has 2 aliphatic rings. The van der Waals surface area contributed by atoms with Crippen LogP contribution in [0.5, 0.6) is 0 Å². The van der Waals surface area contributed by atoms with Crippen molar-refractivity contribution in [3.63, 3.8) is 0 Å². The standard InChI is InChI=1S/C15H30N2O/c1-4-16-10-15(6-5-7-18-12-15)11-17(3)9-14-8-13(14)2/h13-14,16H,4-12H2,1-3H3. The van der Waals surface area contributed by atoms with Crippen LogP contribution >= 0.6 is 0 Å². The monoisotopic (exact) mass is 254 g/mol. The van der Waals surface area contributed by atoms with Crippen molar-refractivity contribution in [2.24, 2.45) is 17.3 Å². The van der Waals surface area contributed by atoms with Gasteiger partial charge in [-0.15, -0.1) is 0 Å². The number of nitrogens with zero attached hydrogens (tertiary/aromatic N) is 1. The molecule has 1 saturated carbocycles. The van der Waals surface area contributed by atoms with Crippen molar-refractivity contribution >= 4 is 0 Å². The summed E-state index contributed by atoms with van der Waals surface area (Å²) in [5, 5.41) is 3.54. The lowest BCUT2D eigenvalue weighted by Gasteiger charge is -2.40. The molecule has 0 spiro atoms. The van der Waals surface area contributed by atoms with Gasteiger partial charge in [0.1, 0.15) is 0 Å². The van der Waals surface area contributed by atoms with Crippen LogP contribution in [0.2, 0.25) is 0 Å². The van der Waals surface area contributed by atoms with Crippen molar-refractivity contribution in [3.8, 4) is 0 Å². The minimum atomic E-state index is 0.348. The Bertz CT molecular complexity index is 251. The van der Waals surface area contributed by atoms with Gasteiger partial charge in [0.05, 0.1) is 6.61 Å². The molecule has 1 N–H and O–H groups in total. The largest absolute Gasteiger partial charge is 0.381 e. The maximum atomic E-state index is 5.76. The zero-order valence-corrected chi connectivity index (χ0v) is 12.4. The first kappa shape index (κ1) is 14.3. The highest BCUT2D eigenvalue weighted by atomic mass is 16.5. The zero-order chi connectivity index (χ0) is 13.0. The van der Waals surface area contributed by atoms with E-state index in [4.69, 9.17) is 4.74 Å². The van der Waals surface area contributed by atoms with Gasteiger partial charge in [-0.1, -0.05) is 13.8 Å². The van der Waals surface area contributed by atoms with Crippen molar-refractivity contribution in [1.29, 1.82) is 0 Å². The minimum absolute atomic E-state index is 0.348. The Hall–Kier alpha value is -0.120. The summed E-state index contributed by atoms with van der Waals surface area (Å²) in [6.45, 7) is 11.1. The summed E-state index contributed by atoms with van der Waals surface area (Å²) in [6.07, 6.45) is 3.96. The van der Waals surface area contributed by atoms with Gasteiger partial charge in [0.25, 0.3) is 0 Å². The molecular formula is C15H30N2O. The van der Waals surface area contributed by atoms with E-state index in [9.17, 15) is 0 Å². The topological polar surface area (TPSA) is 24.5 Å². The lowest BCUT2D eigenvalue weighted by molar-refractivity contribution is -0.0230. The first-order chi connectivity index (χ1) is 8.65. The molecule has 1 heterocycles. The smallest absolute Gasteiger partial charge is 0.0546 e. The molecule has 3 atom stereocenters. The number of nitrogens with one attached hydrogen (secondary N) is 1. The summed E-state index contributed by atoms with van der Waals surface area (Å²) in [4.78, 5) is 2.54. The highest BCUT2D eigenvalue weighted by Crippen LogP contribution is 2.38. The van der Waals surface area contributed by atoms with Crippen LogP contribution in [0, 0.1) is 17.3 Å². The van der Waals surface area contributed by atoms with Crippen LogP contribution < -0.4 is 5.32 Å². The maximum absolute atomic E-state index is 5.76. The van der Waals surface area contributed by atoms with Gasteiger partial charge in [-0.2, -0.15) is 0 Å². The molecule has 2 fully saturated rings. The maximum Gasteiger partial charge on any atom is 0.0546 e. The minimum Gasteiger partial charge on any atom is -0.381 e. The van der Waals surface area contributed by atoms with E-state index in [0.29, 0.717) is 5.41 Å². The second kappa shape index (κ2) is 6.36. The summed E-state index contributed by atoms with van der Waals surface area (Å²) in [7, 11) is 2.29. The van der Waals surface area contributed by atoms with Gasteiger partial charge in [-0.3, -0.25) is 0 Å². The average Bonchev–Trinajstić information content (AvgIpc) is 3.03. The Kier molecular flexibility index (Phi) is 5.05. The fraction of sp³-hybridized carbons (Fsp3) is 1.00. The Labute approximate surface area is 112 Å². The predicted octanol–water partition coefficient (Wildman–Crippen LogP) is 1.98. The normalized spacial score (nSPS) is 36.0. The molecule has 0 bridgehead atoms. The third-order valence-electron chi connectivity index (χ3n) is 4.58. The van der Waals surface area contributed by atoms with Crippen LogP contribution in [0.4, 0.5) is 0 Å². The van der Waals surface area contributed by atoms with Crippen LogP contribution in [-0.4, -0.2) is 51.3 Å². The van der Waals surface area contributed by atoms with Crippen LogP contribution in [-0.2, 0) is 4.74 Å². The first-order valence-electron chi connectivity index (χ1n) is 7.62. The Morgan fingerprint density at radius 3 is 2.78 bits per heavy atom. The van der Waals surface area contributed by atoms with E-state index in [0.717, 1.165) is 38.1 Å². The Morgan fingerprint density at radius 2 is 2.22 bits per heavy atom. The van der Waals surface area contributed by atoms with Crippen molar-refractivity contribution in [3.05, 3.63) is 0 Å². The molecular weight excluding hydrogens is 224 g/mol. The molecule has 0 amide bonds. The SMILES string of the molecule is CCNCC1(CN(C)CC2CC2C)CCCOC1. The van der Waals surface area contributed by atoms with Crippen LogP contribution in [0.3, 0.4) is 0 Å². The zero-order valence-electron chi connectivity index (χ0n) is 12.4. The lowest BCUT2D eigenvalue weighted by atomic mass is 9.81. The molecule has 106 valence electrons. The van der Waals surface area contributed by atoms with E-state index in [1.165, 1.54) is 32.4 Å². The molecule has 1 aliphatic heterocycles. The van der Waals surface area contributed by atoms with E-state index in [1.807, 2.05) is 0 Å². The number of rotatable bonds is 7. The molecule has 2 rings (SSSR count). The highest BCUT2D eigenvalue weighted by Gasteiger charge is 2.37. The molecule has 3 heteroatoms. The molecule has 0 aromatic carbocycles. The van der Waals surface area contributed by atoms with Gasteiger partial charge in [0.2, 0.25) is 0 Å². The number of hydrogen-bond acceptors (Lipinski definition) is 3. The van der Waals surface area contributed by atoms with Crippen molar-refractivity contribution < 1.29 is 4.74 Å². The number of hydrogen-bond donors (Lipinski definition) is 1. The van der Waals surface area contributed by atoms with Gasteiger partial charge in [0.15, 0.2) is 0 Å². The van der Waals surface area contributed by atoms with E-state index in [2.05, 4.69) is 31.1 Å². The summed E-state index contributed by atoms with van der Waals surface area (Å²) in [5.41, 5.74) is 0.348. The van der Waals surface area contributed by atoms with Gasteiger partial charge in [-0.05, 0) is 44.7 Å². The van der Waals surface area contributed by atoms with E-state index in [1.54, 1.807) is 0 Å². The molecule has 0 radical (unpaired) electrons. The van der Waals surface area contributed by atoms with Gasteiger partial charge in [-0.25, -0.2) is 0 Å².